The van der Waals surface area contributed by atoms with Gasteiger partial charge in [0.1, 0.15) is 0 Å². The summed E-state index contributed by atoms with van der Waals surface area (Å²) in [6, 6.07) is 8.60. The number of piperidine rings is 1. The van der Waals surface area contributed by atoms with Crippen molar-refractivity contribution in [2.75, 3.05) is 32.8 Å². The zero-order valence-corrected chi connectivity index (χ0v) is 14.5. The summed E-state index contributed by atoms with van der Waals surface area (Å²) in [5.41, 5.74) is 5.24. The zero-order chi connectivity index (χ0) is 16.4. The minimum absolute atomic E-state index is 0.596. The molecular weight excluding hydrogens is 298 g/mol. The first-order chi connectivity index (χ1) is 11.8. The minimum atomic E-state index is 0.596. The second-order valence-corrected chi connectivity index (χ2v) is 7.32. The van der Waals surface area contributed by atoms with Crippen molar-refractivity contribution in [3.63, 3.8) is 0 Å². The number of hydrogen-bond donors (Lipinski definition) is 1. The number of nitrogens with zero attached hydrogens (tertiary/aromatic N) is 2. The van der Waals surface area contributed by atoms with E-state index in [0.717, 1.165) is 19.1 Å². The van der Waals surface area contributed by atoms with Gasteiger partial charge in [0.15, 0.2) is 0 Å². The number of benzene rings is 1. The molecular formula is C20H27N3O. The molecule has 0 aliphatic carbocycles. The molecule has 128 valence electrons. The number of aromatic nitrogens is 2. The van der Waals surface area contributed by atoms with Crippen molar-refractivity contribution < 1.29 is 4.74 Å². The highest BCUT2D eigenvalue weighted by molar-refractivity contribution is 5.69. The highest BCUT2D eigenvalue weighted by atomic mass is 16.5. The molecule has 0 amide bonds. The molecule has 4 rings (SSSR count). The lowest BCUT2D eigenvalue weighted by molar-refractivity contribution is 0.151. The molecule has 0 saturated carbocycles. The molecule has 4 heteroatoms. The van der Waals surface area contributed by atoms with Gasteiger partial charge in [-0.25, -0.2) is 0 Å². The lowest BCUT2D eigenvalue weighted by atomic mass is 9.88. The molecule has 1 atom stereocenters. The van der Waals surface area contributed by atoms with Crippen molar-refractivity contribution in [3.05, 3.63) is 41.7 Å². The molecule has 2 saturated heterocycles. The highest BCUT2D eigenvalue weighted by Gasteiger charge is 2.27. The maximum absolute atomic E-state index is 5.51. The normalized spacial score (nSPS) is 23.0. The molecule has 1 aromatic carbocycles. The Morgan fingerprint density at radius 3 is 2.75 bits per heavy atom. The lowest BCUT2D eigenvalue weighted by Gasteiger charge is -2.33. The van der Waals surface area contributed by atoms with Crippen LogP contribution in [-0.2, 0) is 4.74 Å². The van der Waals surface area contributed by atoms with E-state index in [1.165, 1.54) is 61.3 Å². The number of aromatic amines is 1. The number of rotatable bonds is 4. The van der Waals surface area contributed by atoms with Gasteiger partial charge in [-0.15, -0.1) is 0 Å². The van der Waals surface area contributed by atoms with Crippen LogP contribution in [0.15, 0.2) is 30.5 Å². The number of hydrogen-bond acceptors (Lipinski definition) is 3. The van der Waals surface area contributed by atoms with Crippen molar-refractivity contribution in [3.8, 4) is 11.1 Å². The SMILES string of the molecule is Cc1ccccc1-c1cn[nH]c1C1CCN(CC2CCOC2)CC1. The van der Waals surface area contributed by atoms with Gasteiger partial charge in [0.25, 0.3) is 0 Å². The summed E-state index contributed by atoms with van der Waals surface area (Å²) < 4.78 is 5.51. The van der Waals surface area contributed by atoms with Gasteiger partial charge in [-0.3, -0.25) is 5.10 Å². The fraction of sp³-hybridized carbons (Fsp3) is 0.550. The van der Waals surface area contributed by atoms with E-state index in [0.29, 0.717) is 5.92 Å². The first kappa shape index (κ1) is 15.9. The van der Waals surface area contributed by atoms with Crippen LogP contribution < -0.4 is 0 Å². The molecule has 2 fully saturated rings. The Balaban J connectivity index is 1.43. The fourth-order valence-electron chi connectivity index (χ4n) is 4.19. The molecule has 0 spiro atoms. The quantitative estimate of drug-likeness (QED) is 0.934. The molecule has 2 aliphatic rings. The van der Waals surface area contributed by atoms with E-state index in [1.54, 1.807) is 0 Å². The third kappa shape index (κ3) is 3.26. The number of nitrogens with one attached hydrogen (secondary N) is 1. The van der Waals surface area contributed by atoms with E-state index in [2.05, 4.69) is 46.3 Å². The van der Waals surface area contributed by atoms with E-state index in [4.69, 9.17) is 4.74 Å². The van der Waals surface area contributed by atoms with Crippen molar-refractivity contribution in [1.29, 1.82) is 0 Å². The molecule has 1 unspecified atom stereocenters. The van der Waals surface area contributed by atoms with Crippen LogP contribution in [0.3, 0.4) is 0 Å². The Morgan fingerprint density at radius 1 is 1.17 bits per heavy atom. The molecule has 0 radical (unpaired) electrons. The summed E-state index contributed by atoms with van der Waals surface area (Å²) in [6.45, 7) is 7.67. The summed E-state index contributed by atoms with van der Waals surface area (Å²) >= 11 is 0. The average Bonchev–Trinajstić information content (AvgIpc) is 3.28. The van der Waals surface area contributed by atoms with Crippen LogP contribution in [0.5, 0.6) is 0 Å². The smallest absolute Gasteiger partial charge is 0.0568 e. The number of likely N-dealkylation sites (tertiary alicyclic amines) is 1. The van der Waals surface area contributed by atoms with Gasteiger partial charge >= 0.3 is 0 Å². The highest BCUT2D eigenvalue weighted by Crippen LogP contribution is 2.35. The number of ether oxygens (including phenoxy) is 1. The third-order valence-electron chi connectivity index (χ3n) is 5.64. The molecule has 1 aromatic heterocycles. The Bertz CT molecular complexity index is 667. The van der Waals surface area contributed by atoms with Crippen molar-refractivity contribution >= 4 is 0 Å². The van der Waals surface area contributed by atoms with E-state index < -0.39 is 0 Å². The third-order valence-corrected chi connectivity index (χ3v) is 5.64. The maximum atomic E-state index is 5.51. The molecule has 1 N–H and O–H groups in total. The van der Waals surface area contributed by atoms with Crippen LogP contribution in [-0.4, -0.2) is 47.9 Å². The van der Waals surface area contributed by atoms with E-state index in [-0.39, 0.29) is 0 Å². The van der Waals surface area contributed by atoms with Gasteiger partial charge in [0.2, 0.25) is 0 Å². The second-order valence-electron chi connectivity index (χ2n) is 7.32. The Labute approximate surface area is 144 Å². The summed E-state index contributed by atoms with van der Waals surface area (Å²) in [6.07, 6.45) is 5.67. The Morgan fingerprint density at radius 2 is 2.00 bits per heavy atom. The first-order valence-corrected chi connectivity index (χ1v) is 9.20. The second kappa shape index (κ2) is 7.08. The van der Waals surface area contributed by atoms with E-state index >= 15 is 0 Å². The molecule has 2 aromatic rings. The standard InChI is InChI=1S/C20H27N3O/c1-15-4-2-3-5-18(15)19-12-21-22-20(19)17-6-9-23(10-7-17)13-16-8-11-24-14-16/h2-5,12,16-17H,6-11,13-14H2,1H3,(H,21,22). The van der Waals surface area contributed by atoms with Crippen LogP contribution >= 0.6 is 0 Å². The van der Waals surface area contributed by atoms with E-state index in [1.807, 2.05) is 6.20 Å². The monoisotopic (exact) mass is 325 g/mol. The van der Waals surface area contributed by atoms with Gasteiger partial charge in [-0.05, 0) is 56.3 Å². The average molecular weight is 325 g/mol. The molecule has 4 nitrogen and oxygen atoms in total. The van der Waals surface area contributed by atoms with Gasteiger partial charge < -0.3 is 9.64 Å². The van der Waals surface area contributed by atoms with E-state index in [9.17, 15) is 0 Å². The predicted molar refractivity (Wildman–Crippen MR) is 96.1 cm³/mol. The van der Waals surface area contributed by atoms with Gasteiger partial charge in [0, 0.05) is 30.3 Å². The van der Waals surface area contributed by atoms with Crippen LogP contribution in [0, 0.1) is 12.8 Å². The Hall–Kier alpha value is -1.65. The van der Waals surface area contributed by atoms with Crippen LogP contribution in [0.2, 0.25) is 0 Å². The number of H-pyrrole nitrogens is 1. The van der Waals surface area contributed by atoms with Crippen molar-refractivity contribution in [1.82, 2.24) is 15.1 Å². The number of aryl methyl sites for hydroxylation is 1. The first-order valence-electron chi connectivity index (χ1n) is 9.20. The van der Waals surface area contributed by atoms with Gasteiger partial charge in [-0.1, -0.05) is 24.3 Å². The predicted octanol–water partition coefficient (Wildman–Crippen LogP) is 3.60. The Kier molecular flexibility index (Phi) is 4.67. The molecule has 24 heavy (non-hydrogen) atoms. The van der Waals surface area contributed by atoms with Gasteiger partial charge in [0.05, 0.1) is 12.8 Å². The molecule has 3 heterocycles. The van der Waals surface area contributed by atoms with Crippen LogP contribution in [0.25, 0.3) is 11.1 Å². The maximum Gasteiger partial charge on any atom is 0.0568 e. The largest absolute Gasteiger partial charge is 0.381 e. The summed E-state index contributed by atoms with van der Waals surface area (Å²) in [7, 11) is 0. The summed E-state index contributed by atoms with van der Waals surface area (Å²) in [5.74, 6) is 1.34. The van der Waals surface area contributed by atoms with Gasteiger partial charge in [-0.2, -0.15) is 5.10 Å². The van der Waals surface area contributed by atoms with Crippen LogP contribution in [0.4, 0.5) is 0 Å². The zero-order valence-electron chi connectivity index (χ0n) is 14.5. The molecule has 0 bridgehead atoms. The summed E-state index contributed by atoms with van der Waals surface area (Å²) in [4.78, 5) is 2.62. The topological polar surface area (TPSA) is 41.2 Å². The minimum Gasteiger partial charge on any atom is -0.381 e. The van der Waals surface area contributed by atoms with Crippen molar-refractivity contribution in [2.45, 2.75) is 32.1 Å². The fourth-order valence-corrected chi connectivity index (χ4v) is 4.19. The van der Waals surface area contributed by atoms with Crippen LogP contribution in [0.1, 0.15) is 36.4 Å². The summed E-state index contributed by atoms with van der Waals surface area (Å²) in [5, 5.41) is 7.66. The van der Waals surface area contributed by atoms with Crippen molar-refractivity contribution in [2.24, 2.45) is 5.92 Å². The molecule has 2 aliphatic heterocycles. The lowest BCUT2D eigenvalue weighted by Crippen LogP contribution is -2.36.